The molecular weight excluding hydrogens is 486 g/mol. The molecule has 1 saturated carbocycles. The van der Waals surface area contributed by atoms with Crippen LogP contribution in [0, 0.1) is 5.92 Å². The Bertz CT molecular complexity index is 1230. The highest BCUT2D eigenvalue weighted by molar-refractivity contribution is 7.22. The molecule has 1 aliphatic heterocycles. The van der Waals surface area contributed by atoms with Gasteiger partial charge in [-0.3, -0.25) is 4.79 Å². The number of nitrogens with zero attached hydrogens (tertiary/aromatic N) is 3. The number of guanidine groups is 1. The molecule has 9 heteroatoms. The SMILES string of the molecule is CCOC(=O)N1C(=O)C(CC2CCCCC2)N=C1Nc1ccc(CCNc2nc3ccccc3s2)cc1. The number of imide groups is 1. The van der Waals surface area contributed by atoms with Gasteiger partial charge >= 0.3 is 6.09 Å². The molecule has 2 N–H and O–H groups in total. The second-order valence-electron chi connectivity index (χ2n) is 9.57. The predicted octanol–water partition coefficient (Wildman–Crippen LogP) is 6.06. The van der Waals surface area contributed by atoms with Gasteiger partial charge in [-0.1, -0.05) is 67.7 Å². The summed E-state index contributed by atoms with van der Waals surface area (Å²) in [6.45, 7) is 2.70. The molecule has 1 aliphatic carbocycles. The number of hydrogen-bond donors (Lipinski definition) is 2. The van der Waals surface area contributed by atoms with E-state index in [1.165, 1.54) is 29.5 Å². The van der Waals surface area contributed by atoms with Crippen LogP contribution in [0.4, 0.5) is 15.6 Å². The van der Waals surface area contributed by atoms with Crippen LogP contribution in [0.15, 0.2) is 53.5 Å². The topological polar surface area (TPSA) is 95.9 Å². The number of thiazole rings is 1. The van der Waals surface area contributed by atoms with Gasteiger partial charge in [-0.25, -0.2) is 14.8 Å². The molecule has 3 aromatic rings. The fourth-order valence-corrected chi connectivity index (χ4v) is 5.90. The highest BCUT2D eigenvalue weighted by Gasteiger charge is 2.41. The van der Waals surface area contributed by atoms with Gasteiger partial charge < -0.3 is 15.4 Å². The lowest BCUT2D eigenvalue weighted by Gasteiger charge is -2.23. The lowest BCUT2D eigenvalue weighted by atomic mass is 9.85. The molecule has 0 spiro atoms. The van der Waals surface area contributed by atoms with Crippen LogP contribution in [0.3, 0.4) is 0 Å². The van der Waals surface area contributed by atoms with Crippen molar-refractivity contribution in [2.24, 2.45) is 10.9 Å². The van der Waals surface area contributed by atoms with Crippen molar-refractivity contribution in [3.05, 3.63) is 54.1 Å². The Balaban J connectivity index is 1.20. The summed E-state index contributed by atoms with van der Waals surface area (Å²) in [6, 6.07) is 15.5. The van der Waals surface area contributed by atoms with Gasteiger partial charge in [0.25, 0.3) is 5.91 Å². The molecule has 0 radical (unpaired) electrons. The van der Waals surface area contributed by atoms with Gasteiger partial charge in [-0.15, -0.1) is 0 Å². The molecule has 2 heterocycles. The molecule has 2 aromatic carbocycles. The number of carbonyl (C=O) groups excluding carboxylic acids is 2. The maximum Gasteiger partial charge on any atom is 0.423 e. The maximum absolute atomic E-state index is 13.1. The number of carbonyl (C=O) groups is 2. The molecule has 37 heavy (non-hydrogen) atoms. The summed E-state index contributed by atoms with van der Waals surface area (Å²) in [4.78, 5) is 36.0. The molecule has 2 aliphatic rings. The number of rotatable bonds is 8. The minimum absolute atomic E-state index is 0.197. The van der Waals surface area contributed by atoms with E-state index in [2.05, 4.69) is 26.7 Å². The number of aliphatic imine (C=N–C) groups is 1. The minimum atomic E-state index is -0.678. The summed E-state index contributed by atoms with van der Waals surface area (Å²) >= 11 is 1.65. The number of aromatic nitrogens is 1. The Morgan fingerprint density at radius 3 is 2.65 bits per heavy atom. The third-order valence-electron chi connectivity index (χ3n) is 6.92. The van der Waals surface area contributed by atoms with E-state index in [0.717, 1.165) is 47.0 Å². The first kappa shape index (κ1) is 25.2. The quantitative estimate of drug-likeness (QED) is 0.376. The largest absolute Gasteiger partial charge is 0.449 e. The molecule has 2 amide bonds. The van der Waals surface area contributed by atoms with Gasteiger partial charge in [0.05, 0.1) is 16.8 Å². The summed E-state index contributed by atoms with van der Waals surface area (Å²) < 4.78 is 6.33. The number of benzene rings is 2. The Hall–Kier alpha value is -3.46. The number of para-hydroxylation sites is 1. The Morgan fingerprint density at radius 2 is 1.89 bits per heavy atom. The van der Waals surface area contributed by atoms with Crippen molar-refractivity contribution < 1.29 is 14.3 Å². The standard InChI is InChI=1S/C28H33N5O3S/c1-2-36-28(35)33-25(34)23(18-20-8-4-3-5-9-20)31-26(33)30-21-14-12-19(13-15-21)16-17-29-27-32-22-10-6-7-11-24(22)37-27/h6-7,10-15,20,23H,2-5,8-9,16-18H2,1H3,(H,29,32)(H,30,31). The molecule has 5 rings (SSSR count). The lowest BCUT2D eigenvalue weighted by Crippen LogP contribution is -2.43. The first-order valence-electron chi connectivity index (χ1n) is 13.1. The average Bonchev–Trinajstić information content (AvgIpc) is 3.46. The molecule has 1 atom stereocenters. The molecule has 0 bridgehead atoms. The summed E-state index contributed by atoms with van der Waals surface area (Å²) in [5, 5.41) is 7.51. The van der Waals surface area contributed by atoms with Crippen LogP contribution < -0.4 is 10.6 Å². The fourth-order valence-electron chi connectivity index (χ4n) is 5.00. The molecule has 1 aromatic heterocycles. The molecule has 1 unspecified atom stereocenters. The van der Waals surface area contributed by atoms with Crippen LogP contribution in [0.25, 0.3) is 10.2 Å². The number of ether oxygens (including phenoxy) is 1. The summed E-state index contributed by atoms with van der Waals surface area (Å²) in [7, 11) is 0. The zero-order chi connectivity index (χ0) is 25.6. The molecule has 0 saturated heterocycles. The van der Waals surface area contributed by atoms with E-state index in [-0.39, 0.29) is 18.5 Å². The third kappa shape index (κ3) is 6.10. The highest BCUT2D eigenvalue weighted by atomic mass is 32.1. The van der Waals surface area contributed by atoms with E-state index in [4.69, 9.17) is 4.74 Å². The van der Waals surface area contributed by atoms with Gasteiger partial charge in [0.15, 0.2) is 5.13 Å². The van der Waals surface area contributed by atoms with Gasteiger partial charge in [0.1, 0.15) is 6.04 Å². The Labute approximate surface area is 221 Å². The van der Waals surface area contributed by atoms with Gasteiger partial charge in [-0.2, -0.15) is 4.90 Å². The zero-order valence-corrected chi connectivity index (χ0v) is 21.9. The van der Waals surface area contributed by atoms with E-state index in [0.29, 0.717) is 12.3 Å². The Morgan fingerprint density at radius 1 is 1.11 bits per heavy atom. The van der Waals surface area contributed by atoms with E-state index in [1.54, 1.807) is 18.3 Å². The van der Waals surface area contributed by atoms with Crippen molar-refractivity contribution >= 4 is 50.3 Å². The molecule has 1 fully saturated rings. The van der Waals surface area contributed by atoms with Gasteiger partial charge in [-0.05, 0) is 55.5 Å². The van der Waals surface area contributed by atoms with E-state index in [1.807, 2.05) is 42.5 Å². The van der Waals surface area contributed by atoms with Gasteiger partial charge in [0.2, 0.25) is 5.96 Å². The van der Waals surface area contributed by atoms with Crippen molar-refractivity contribution in [3.8, 4) is 0 Å². The van der Waals surface area contributed by atoms with E-state index < -0.39 is 12.1 Å². The maximum atomic E-state index is 13.1. The number of anilines is 2. The smallest absolute Gasteiger partial charge is 0.423 e. The van der Waals surface area contributed by atoms with Crippen LogP contribution >= 0.6 is 11.3 Å². The summed E-state index contributed by atoms with van der Waals surface area (Å²) in [5.74, 6) is 0.420. The number of amides is 2. The summed E-state index contributed by atoms with van der Waals surface area (Å²) in [6.07, 6.45) is 6.74. The molecule has 194 valence electrons. The van der Waals surface area contributed by atoms with Crippen molar-refractivity contribution in [2.45, 2.75) is 57.9 Å². The highest BCUT2D eigenvalue weighted by Crippen LogP contribution is 2.30. The van der Waals surface area contributed by atoms with Crippen LogP contribution in [0.1, 0.15) is 51.0 Å². The average molecular weight is 520 g/mol. The van der Waals surface area contributed by atoms with Crippen LogP contribution in [0.5, 0.6) is 0 Å². The fraction of sp³-hybridized carbons (Fsp3) is 0.429. The second-order valence-corrected chi connectivity index (χ2v) is 10.6. The van der Waals surface area contributed by atoms with Crippen LogP contribution in [-0.2, 0) is 16.0 Å². The molecular formula is C28H33N5O3S. The van der Waals surface area contributed by atoms with Crippen molar-refractivity contribution in [1.82, 2.24) is 9.88 Å². The van der Waals surface area contributed by atoms with Crippen molar-refractivity contribution in [3.63, 3.8) is 0 Å². The minimum Gasteiger partial charge on any atom is -0.449 e. The first-order valence-corrected chi connectivity index (χ1v) is 14.0. The van der Waals surface area contributed by atoms with E-state index in [9.17, 15) is 9.59 Å². The lowest BCUT2D eigenvalue weighted by molar-refractivity contribution is -0.126. The van der Waals surface area contributed by atoms with Crippen LogP contribution in [-0.4, -0.2) is 47.0 Å². The number of fused-ring (bicyclic) bond motifs is 1. The third-order valence-corrected chi connectivity index (χ3v) is 7.92. The monoisotopic (exact) mass is 519 g/mol. The van der Waals surface area contributed by atoms with E-state index >= 15 is 0 Å². The Kier molecular flexibility index (Phi) is 7.99. The zero-order valence-electron chi connectivity index (χ0n) is 21.1. The first-order chi connectivity index (χ1) is 18.1. The normalized spacial score (nSPS) is 18.2. The molecule has 8 nitrogen and oxygen atoms in total. The summed E-state index contributed by atoms with van der Waals surface area (Å²) in [5.41, 5.74) is 2.94. The second kappa shape index (κ2) is 11.7. The van der Waals surface area contributed by atoms with Gasteiger partial charge in [0, 0.05) is 12.2 Å². The van der Waals surface area contributed by atoms with Crippen molar-refractivity contribution in [2.75, 3.05) is 23.8 Å². The van der Waals surface area contributed by atoms with Crippen molar-refractivity contribution in [1.29, 1.82) is 0 Å². The number of nitrogens with one attached hydrogen (secondary N) is 2. The van der Waals surface area contributed by atoms with Crippen LogP contribution in [0.2, 0.25) is 0 Å². The predicted molar refractivity (Wildman–Crippen MR) is 148 cm³/mol. The number of hydrogen-bond acceptors (Lipinski definition) is 8.